The quantitative estimate of drug-likeness (QED) is 0.794. The molecule has 0 atom stereocenters. The zero-order valence-electron chi connectivity index (χ0n) is 10.9. The van der Waals surface area contributed by atoms with E-state index in [4.69, 9.17) is 0 Å². The Balaban J connectivity index is 1.83. The van der Waals surface area contributed by atoms with Crippen molar-refractivity contribution in [2.75, 3.05) is 5.32 Å². The summed E-state index contributed by atoms with van der Waals surface area (Å²) in [5.74, 6) is 0. The molecule has 3 aromatic rings. The van der Waals surface area contributed by atoms with Crippen molar-refractivity contribution in [3.63, 3.8) is 0 Å². The molecule has 0 aliphatic heterocycles. The minimum atomic E-state index is 0.704. The molecule has 1 N–H and O–H groups in total. The van der Waals surface area contributed by atoms with Crippen molar-refractivity contribution in [3.05, 3.63) is 40.8 Å². The van der Waals surface area contributed by atoms with Gasteiger partial charge in [0.15, 0.2) is 0 Å². The van der Waals surface area contributed by atoms with Gasteiger partial charge in [0.25, 0.3) is 0 Å². The molecule has 19 heavy (non-hydrogen) atoms. The van der Waals surface area contributed by atoms with Crippen molar-refractivity contribution in [1.82, 2.24) is 19.6 Å². The minimum Gasteiger partial charge on any atom is -0.354 e. The van der Waals surface area contributed by atoms with Gasteiger partial charge in [0.2, 0.25) is 5.13 Å². The number of aromatic nitrogens is 4. The Kier molecular flexibility index (Phi) is 3.16. The fourth-order valence-corrected chi connectivity index (χ4v) is 2.68. The SMILES string of the molecule is CCc1nnc(NCc2c(C)nc3ccccn23)s1. The molecular weight excluding hydrogens is 258 g/mol. The molecule has 0 radical (unpaired) electrons. The normalized spacial score (nSPS) is 11.1. The Bertz CT molecular complexity index is 700. The molecule has 6 heteroatoms. The van der Waals surface area contributed by atoms with Crippen molar-refractivity contribution in [3.8, 4) is 0 Å². The van der Waals surface area contributed by atoms with E-state index in [9.17, 15) is 0 Å². The van der Waals surface area contributed by atoms with E-state index in [0.29, 0.717) is 6.54 Å². The van der Waals surface area contributed by atoms with Crippen molar-refractivity contribution in [2.24, 2.45) is 0 Å². The van der Waals surface area contributed by atoms with Crippen molar-refractivity contribution in [1.29, 1.82) is 0 Å². The third-order valence-electron chi connectivity index (χ3n) is 3.01. The molecule has 0 aliphatic carbocycles. The lowest BCUT2D eigenvalue weighted by Gasteiger charge is -2.03. The first-order valence-corrected chi connectivity index (χ1v) is 7.08. The number of anilines is 1. The van der Waals surface area contributed by atoms with E-state index in [-0.39, 0.29) is 0 Å². The maximum atomic E-state index is 4.54. The molecule has 0 aromatic carbocycles. The lowest BCUT2D eigenvalue weighted by Crippen LogP contribution is -2.03. The van der Waals surface area contributed by atoms with Crippen LogP contribution < -0.4 is 5.32 Å². The Labute approximate surface area is 115 Å². The fourth-order valence-electron chi connectivity index (χ4n) is 2.00. The number of hydrogen-bond donors (Lipinski definition) is 1. The summed E-state index contributed by atoms with van der Waals surface area (Å²) in [6.07, 6.45) is 2.96. The molecule has 0 spiro atoms. The van der Waals surface area contributed by atoms with E-state index in [1.165, 1.54) is 0 Å². The van der Waals surface area contributed by atoms with Crippen LogP contribution in [0.25, 0.3) is 5.65 Å². The number of imidazole rings is 1. The van der Waals surface area contributed by atoms with Crippen molar-refractivity contribution in [2.45, 2.75) is 26.8 Å². The van der Waals surface area contributed by atoms with Crippen LogP contribution in [0.3, 0.4) is 0 Å². The number of rotatable bonds is 4. The lowest BCUT2D eigenvalue weighted by atomic mass is 10.3. The van der Waals surface area contributed by atoms with E-state index in [0.717, 1.165) is 33.6 Å². The second-order valence-electron chi connectivity index (χ2n) is 4.28. The largest absolute Gasteiger partial charge is 0.354 e. The van der Waals surface area contributed by atoms with E-state index < -0.39 is 0 Å². The first-order chi connectivity index (χ1) is 9.28. The second-order valence-corrected chi connectivity index (χ2v) is 5.34. The molecular formula is C13H15N5S. The summed E-state index contributed by atoms with van der Waals surface area (Å²) in [4.78, 5) is 4.54. The first-order valence-electron chi connectivity index (χ1n) is 6.26. The molecule has 3 rings (SSSR count). The summed E-state index contributed by atoms with van der Waals surface area (Å²) < 4.78 is 2.10. The summed E-state index contributed by atoms with van der Waals surface area (Å²) >= 11 is 1.60. The molecule has 3 heterocycles. The van der Waals surface area contributed by atoms with Crippen LogP contribution in [0.5, 0.6) is 0 Å². The average molecular weight is 273 g/mol. The van der Waals surface area contributed by atoms with Crippen molar-refractivity contribution >= 4 is 22.1 Å². The van der Waals surface area contributed by atoms with Crippen LogP contribution in [0, 0.1) is 6.92 Å². The van der Waals surface area contributed by atoms with Gasteiger partial charge in [-0.3, -0.25) is 0 Å². The first kappa shape index (κ1) is 12.1. The molecule has 0 bridgehead atoms. The maximum absolute atomic E-state index is 4.54. The highest BCUT2D eigenvalue weighted by atomic mass is 32.1. The standard InChI is InChI=1S/C13H15N5S/c1-3-12-16-17-13(19-12)14-8-10-9(2)15-11-6-4-5-7-18(10)11/h4-7H,3,8H2,1-2H3,(H,14,17). The smallest absolute Gasteiger partial charge is 0.205 e. The van der Waals surface area contributed by atoms with Crippen LogP contribution in [0.15, 0.2) is 24.4 Å². The lowest BCUT2D eigenvalue weighted by molar-refractivity contribution is 0.952. The Morgan fingerprint density at radius 3 is 3.00 bits per heavy atom. The Hall–Kier alpha value is -1.95. The summed E-state index contributed by atoms with van der Waals surface area (Å²) in [6.45, 7) is 4.82. The topological polar surface area (TPSA) is 55.1 Å². The van der Waals surface area contributed by atoms with Gasteiger partial charge in [-0.15, -0.1) is 10.2 Å². The van der Waals surface area contributed by atoms with Gasteiger partial charge < -0.3 is 9.72 Å². The minimum absolute atomic E-state index is 0.704. The Morgan fingerprint density at radius 1 is 1.32 bits per heavy atom. The van der Waals surface area contributed by atoms with Crippen LogP contribution in [0.2, 0.25) is 0 Å². The van der Waals surface area contributed by atoms with Gasteiger partial charge in [-0.2, -0.15) is 0 Å². The average Bonchev–Trinajstić information content (AvgIpc) is 3.00. The Morgan fingerprint density at radius 2 is 2.21 bits per heavy atom. The van der Waals surface area contributed by atoms with Gasteiger partial charge in [-0.1, -0.05) is 24.3 Å². The number of pyridine rings is 1. The molecule has 0 saturated heterocycles. The van der Waals surface area contributed by atoms with Crippen LogP contribution in [0.4, 0.5) is 5.13 Å². The van der Waals surface area contributed by atoms with Gasteiger partial charge in [0.1, 0.15) is 10.7 Å². The zero-order valence-corrected chi connectivity index (χ0v) is 11.7. The van der Waals surface area contributed by atoms with E-state index in [2.05, 4.69) is 31.8 Å². The number of nitrogens with one attached hydrogen (secondary N) is 1. The third kappa shape index (κ3) is 2.31. The highest BCUT2D eigenvalue weighted by Crippen LogP contribution is 2.18. The second kappa shape index (κ2) is 4.97. The van der Waals surface area contributed by atoms with E-state index in [1.54, 1.807) is 11.3 Å². The van der Waals surface area contributed by atoms with Crippen molar-refractivity contribution < 1.29 is 0 Å². The maximum Gasteiger partial charge on any atom is 0.205 e. The molecule has 5 nitrogen and oxygen atoms in total. The highest BCUT2D eigenvalue weighted by Gasteiger charge is 2.09. The van der Waals surface area contributed by atoms with Gasteiger partial charge >= 0.3 is 0 Å². The molecule has 0 amide bonds. The summed E-state index contributed by atoms with van der Waals surface area (Å²) in [5.41, 5.74) is 3.17. The molecule has 0 aliphatic rings. The summed E-state index contributed by atoms with van der Waals surface area (Å²) in [5, 5.41) is 13.5. The predicted molar refractivity (Wildman–Crippen MR) is 76.5 cm³/mol. The monoisotopic (exact) mass is 273 g/mol. The van der Waals surface area contributed by atoms with Gasteiger partial charge in [0, 0.05) is 6.20 Å². The van der Waals surface area contributed by atoms with Crippen LogP contribution >= 0.6 is 11.3 Å². The number of hydrogen-bond acceptors (Lipinski definition) is 5. The van der Waals surface area contributed by atoms with E-state index >= 15 is 0 Å². The van der Waals surface area contributed by atoms with Gasteiger partial charge in [-0.05, 0) is 25.5 Å². The molecule has 0 fully saturated rings. The van der Waals surface area contributed by atoms with Crippen LogP contribution in [-0.4, -0.2) is 19.6 Å². The fraction of sp³-hybridized carbons (Fsp3) is 0.308. The molecule has 98 valence electrons. The number of fused-ring (bicyclic) bond motifs is 1. The predicted octanol–water partition coefficient (Wildman–Crippen LogP) is 2.67. The number of nitrogens with zero attached hydrogens (tertiary/aromatic N) is 4. The summed E-state index contributed by atoms with van der Waals surface area (Å²) in [7, 11) is 0. The van der Waals surface area contributed by atoms with Gasteiger partial charge in [-0.25, -0.2) is 4.98 Å². The summed E-state index contributed by atoms with van der Waals surface area (Å²) in [6, 6.07) is 6.02. The number of aryl methyl sites for hydroxylation is 2. The third-order valence-corrected chi connectivity index (χ3v) is 4.03. The zero-order chi connectivity index (χ0) is 13.2. The van der Waals surface area contributed by atoms with Crippen LogP contribution in [0.1, 0.15) is 23.3 Å². The van der Waals surface area contributed by atoms with E-state index in [1.807, 2.05) is 31.3 Å². The van der Waals surface area contributed by atoms with Crippen LogP contribution in [-0.2, 0) is 13.0 Å². The van der Waals surface area contributed by atoms with Gasteiger partial charge in [0.05, 0.1) is 17.9 Å². The molecule has 3 aromatic heterocycles. The highest BCUT2D eigenvalue weighted by molar-refractivity contribution is 7.15. The molecule has 0 unspecified atom stereocenters. The molecule has 0 saturated carbocycles.